The second-order valence-corrected chi connectivity index (χ2v) is 6.11. The van der Waals surface area contributed by atoms with Gasteiger partial charge in [0.25, 0.3) is 0 Å². The third-order valence-electron chi connectivity index (χ3n) is 4.55. The van der Waals surface area contributed by atoms with Crippen molar-refractivity contribution in [1.82, 2.24) is 24.4 Å². The molecule has 0 saturated carbocycles. The maximum Gasteiger partial charge on any atom is 0.225 e. The van der Waals surface area contributed by atoms with Gasteiger partial charge in [-0.15, -0.1) is 0 Å². The average Bonchev–Trinajstić information content (AvgIpc) is 3.13. The minimum Gasteiger partial charge on any atom is -0.337 e. The van der Waals surface area contributed by atoms with Crippen molar-refractivity contribution >= 4 is 5.95 Å². The highest BCUT2D eigenvalue weighted by atomic mass is 15.3. The van der Waals surface area contributed by atoms with Crippen LogP contribution in [-0.2, 0) is 6.54 Å². The third kappa shape index (κ3) is 4.28. The number of anilines is 1. The Balaban J connectivity index is 1.45. The molecular formula is C17H26N6. The molecule has 2 aromatic heterocycles. The molecule has 23 heavy (non-hydrogen) atoms. The van der Waals surface area contributed by atoms with Crippen LogP contribution in [0.15, 0.2) is 37.2 Å². The van der Waals surface area contributed by atoms with Gasteiger partial charge < -0.3 is 9.47 Å². The van der Waals surface area contributed by atoms with Crippen molar-refractivity contribution in [2.75, 3.05) is 31.1 Å². The highest BCUT2D eigenvalue weighted by Gasteiger charge is 2.26. The number of hydrogen-bond acceptors (Lipinski definition) is 5. The molecule has 0 spiro atoms. The van der Waals surface area contributed by atoms with Crippen LogP contribution in [0.25, 0.3) is 0 Å². The summed E-state index contributed by atoms with van der Waals surface area (Å²) < 4.78 is 2.15. The second-order valence-electron chi connectivity index (χ2n) is 6.11. The van der Waals surface area contributed by atoms with Gasteiger partial charge in [-0.25, -0.2) is 15.0 Å². The lowest BCUT2D eigenvalue weighted by atomic mass is 10.1. The van der Waals surface area contributed by atoms with Gasteiger partial charge in [0, 0.05) is 57.0 Å². The molecule has 6 nitrogen and oxygen atoms in total. The van der Waals surface area contributed by atoms with Gasteiger partial charge in [-0.1, -0.05) is 6.92 Å². The smallest absolute Gasteiger partial charge is 0.225 e. The van der Waals surface area contributed by atoms with Crippen LogP contribution in [0.4, 0.5) is 5.95 Å². The van der Waals surface area contributed by atoms with Crippen molar-refractivity contribution in [1.29, 1.82) is 0 Å². The summed E-state index contributed by atoms with van der Waals surface area (Å²) in [5.74, 6) is 0.874. The van der Waals surface area contributed by atoms with E-state index in [1.54, 1.807) is 0 Å². The molecule has 0 N–H and O–H groups in total. The Bertz CT molecular complexity index is 556. The molecule has 0 amide bonds. The zero-order valence-electron chi connectivity index (χ0n) is 13.9. The first kappa shape index (κ1) is 15.9. The third-order valence-corrected chi connectivity index (χ3v) is 4.55. The number of nitrogens with zero attached hydrogens (tertiary/aromatic N) is 6. The molecule has 1 unspecified atom stereocenters. The molecule has 0 bridgehead atoms. The van der Waals surface area contributed by atoms with Gasteiger partial charge in [0.05, 0.1) is 6.33 Å². The van der Waals surface area contributed by atoms with Gasteiger partial charge in [0.2, 0.25) is 5.95 Å². The summed E-state index contributed by atoms with van der Waals surface area (Å²) in [7, 11) is 0. The molecule has 6 heteroatoms. The van der Waals surface area contributed by atoms with E-state index >= 15 is 0 Å². The Labute approximate surface area is 138 Å². The van der Waals surface area contributed by atoms with Crippen LogP contribution < -0.4 is 4.90 Å². The van der Waals surface area contributed by atoms with E-state index in [0.29, 0.717) is 6.04 Å². The fraction of sp³-hybridized carbons (Fsp3) is 0.588. The van der Waals surface area contributed by atoms with Crippen LogP contribution in [0.5, 0.6) is 0 Å². The monoisotopic (exact) mass is 314 g/mol. The van der Waals surface area contributed by atoms with Crippen LogP contribution >= 0.6 is 0 Å². The van der Waals surface area contributed by atoms with Crippen molar-refractivity contribution < 1.29 is 0 Å². The van der Waals surface area contributed by atoms with Gasteiger partial charge in [-0.05, 0) is 31.9 Å². The highest BCUT2D eigenvalue weighted by Crippen LogP contribution is 2.18. The summed E-state index contributed by atoms with van der Waals surface area (Å²) in [5.41, 5.74) is 0. The topological polar surface area (TPSA) is 50.1 Å². The Morgan fingerprint density at radius 3 is 2.65 bits per heavy atom. The summed E-state index contributed by atoms with van der Waals surface area (Å²) in [6.07, 6.45) is 13.0. The average molecular weight is 314 g/mol. The minimum absolute atomic E-state index is 0.514. The predicted octanol–water partition coefficient (Wildman–Crippen LogP) is 2.05. The second kappa shape index (κ2) is 8.06. The van der Waals surface area contributed by atoms with E-state index in [9.17, 15) is 0 Å². The fourth-order valence-corrected chi connectivity index (χ4v) is 3.22. The summed E-state index contributed by atoms with van der Waals surface area (Å²) in [4.78, 5) is 17.9. The molecule has 124 valence electrons. The number of piperazine rings is 1. The molecule has 3 heterocycles. The van der Waals surface area contributed by atoms with E-state index in [1.165, 1.54) is 19.4 Å². The molecule has 1 saturated heterocycles. The van der Waals surface area contributed by atoms with Crippen molar-refractivity contribution in [2.45, 2.75) is 38.8 Å². The van der Waals surface area contributed by atoms with Crippen molar-refractivity contribution in [3.8, 4) is 0 Å². The first-order valence-electron chi connectivity index (χ1n) is 8.58. The SMILES string of the molecule is CCC1CN(CCCCn2ccnc2)CCN1c1ncccn1. The molecule has 1 fully saturated rings. The van der Waals surface area contributed by atoms with Gasteiger partial charge in [-0.3, -0.25) is 4.90 Å². The van der Waals surface area contributed by atoms with E-state index in [-0.39, 0.29) is 0 Å². The number of aromatic nitrogens is 4. The Morgan fingerprint density at radius 2 is 1.91 bits per heavy atom. The standard InChI is InChI=1S/C17H26N6/c1-2-16-14-21(9-3-4-10-22-11-8-18-15-22)12-13-23(16)17-19-6-5-7-20-17/h5-8,11,15-16H,2-4,9-10,12-14H2,1H3. The number of aryl methyl sites for hydroxylation is 1. The lowest BCUT2D eigenvalue weighted by Crippen LogP contribution is -2.53. The number of rotatable bonds is 7. The quantitative estimate of drug-likeness (QED) is 0.732. The molecule has 1 atom stereocenters. The molecule has 2 aromatic rings. The van der Waals surface area contributed by atoms with E-state index in [1.807, 2.05) is 37.2 Å². The maximum absolute atomic E-state index is 4.42. The first-order chi connectivity index (χ1) is 11.4. The van der Waals surface area contributed by atoms with Gasteiger partial charge in [-0.2, -0.15) is 0 Å². The molecule has 1 aliphatic rings. The van der Waals surface area contributed by atoms with Gasteiger partial charge in [0.15, 0.2) is 0 Å². The first-order valence-corrected chi connectivity index (χ1v) is 8.58. The molecule has 0 aliphatic carbocycles. The van der Waals surface area contributed by atoms with Gasteiger partial charge in [0.1, 0.15) is 0 Å². The summed E-state index contributed by atoms with van der Waals surface area (Å²) >= 11 is 0. The molecular weight excluding hydrogens is 288 g/mol. The molecule has 1 aliphatic heterocycles. The minimum atomic E-state index is 0.514. The van der Waals surface area contributed by atoms with Crippen LogP contribution in [-0.4, -0.2) is 56.6 Å². The van der Waals surface area contributed by atoms with Crippen LogP contribution in [0.1, 0.15) is 26.2 Å². The van der Waals surface area contributed by atoms with Crippen LogP contribution in [0.3, 0.4) is 0 Å². The van der Waals surface area contributed by atoms with E-state index in [2.05, 4.69) is 36.2 Å². The Morgan fingerprint density at radius 1 is 1.09 bits per heavy atom. The summed E-state index contributed by atoms with van der Waals surface area (Å²) in [6, 6.07) is 2.39. The fourth-order valence-electron chi connectivity index (χ4n) is 3.22. The summed E-state index contributed by atoms with van der Waals surface area (Å²) in [5, 5.41) is 0. The van der Waals surface area contributed by atoms with Crippen LogP contribution in [0.2, 0.25) is 0 Å². The van der Waals surface area contributed by atoms with Gasteiger partial charge >= 0.3 is 0 Å². The van der Waals surface area contributed by atoms with E-state index < -0.39 is 0 Å². The lowest BCUT2D eigenvalue weighted by molar-refractivity contribution is 0.213. The number of hydrogen-bond donors (Lipinski definition) is 0. The van der Waals surface area contributed by atoms with E-state index in [0.717, 1.165) is 38.5 Å². The Kier molecular flexibility index (Phi) is 5.58. The molecule has 3 rings (SSSR count). The zero-order valence-corrected chi connectivity index (χ0v) is 13.9. The Hall–Kier alpha value is -1.95. The predicted molar refractivity (Wildman–Crippen MR) is 91.4 cm³/mol. The lowest BCUT2D eigenvalue weighted by Gasteiger charge is -2.41. The van der Waals surface area contributed by atoms with Crippen molar-refractivity contribution in [3.05, 3.63) is 37.2 Å². The van der Waals surface area contributed by atoms with E-state index in [4.69, 9.17) is 0 Å². The van der Waals surface area contributed by atoms with Crippen molar-refractivity contribution in [3.63, 3.8) is 0 Å². The molecule has 0 radical (unpaired) electrons. The van der Waals surface area contributed by atoms with Crippen LogP contribution in [0, 0.1) is 0 Å². The largest absolute Gasteiger partial charge is 0.337 e. The number of imidazole rings is 1. The number of unbranched alkanes of at least 4 members (excludes halogenated alkanes) is 1. The molecule has 0 aromatic carbocycles. The normalized spacial score (nSPS) is 19.2. The van der Waals surface area contributed by atoms with Crippen molar-refractivity contribution in [2.24, 2.45) is 0 Å². The highest BCUT2D eigenvalue weighted by molar-refractivity contribution is 5.31. The zero-order chi connectivity index (χ0) is 15.9. The maximum atomic E-state index is 4.42. The summed E-state index contributed by atoms with van der Waals surface area (Å²) in [6.45, 7) is 7.72.